The van der Waals surface area contributed by atoms with Gasteiger partial charge in [0.1, 0.15) is 16.9 Å². The summed E-state index contributed by atoms with van der Waals surface area (Å²) in [6, 6.07) is 8.32. The van der Waals surface area contributed by atoms with E-state index in [9.17, 15) is 14.4 Å². The number of aromatic nitrogens is 1. The Balaban J connectivity index is 2.05. The molecule has 1 aromatic heterocycles. The second kappa shape index (κ2) is 8.25. The third-order valence-electron chi connectivity index (χ3n) is 3.26. The number of rotatable bonds is 6. The number of primary amides is 1. The van der Waals surface area contributed by atoms with Crippen molar-refractivity contribution in [2.75, 3.05) is 0 Å². The van der Waals surface area contributed by atoms with Gasteiger partial charge in [-0.1, -0.05) is 17.7 Å². The minimum absolute atomic E-state index is 0.191. The van der Waals surface area contributed by atoms with Crippen LogP contribution in [0.5, 0.6) is 5.75 Å². The zero-order valence-electron chi connectivity index (χ0n) is 13.4. The van der Waals surface area contributed by atoms with Crippen molar-refractivity contribution in [3.63, 3.8) is 0 Å². The Labute approximate surface area is 149 Å². The topological polar surface area (TPSA) is 111 Å². The van der Waals surface area contributed by atoms with Crippen LogP contribution < -0.4 is 15.8 Å². The van der Waals surface area contributed by atoms with Crippen LogP contribution in [0.1, 0.15) is 22.8 Å². The zero-order valence-corrected chi connectivity index (χ0v) is 14.1. The molecule has 0 radical (unpaired) electrons. The number of carbonyl (C=O) groups is 3. The molecule has 0 aliphatic heterocycles. The average Bonchev–Trinajstić information content (AvgIpc) is 2.56. The minimum Gasteiger partial charge on any atom is -0.427 e. The van der Waals surface area contributed by atoms with Gasteiger partial charge in [0.15, 0.2) is 0 Å². The molecule has 0 saturated heterocycles. The van der Waals surface area contributed by atoms with Crippen LogP contribution >= 0.6 is 11.6 Å². The van der Waals surface area contributed by atoms with E-state index in [0.717, 1.165) is 0 Å². The summed E-state index contributed by atoms with van der Waals surface area (Å²) in [5.41, 5.74) is 6.37. The molecule has 8 heteroatoms. The minimum atomic E-state index is -0.899. The van der Waals surface area contributed by atoms with E-state index in [0.29, 0.717) is 22.0 Å². The number of pyridine rings is 1. The molecule has 130 valence electrons. The highest BCUT2D eigenvalue weighted by molar-refractivity contribution is 6.29. The van der Waals surface area contributed by atoms with Crippen molar-refractivity contribution >= 4 is 29.4 Å². The van der Waals surface area contributed by atoms with E-state index >= 15 is 0 Å². The van der Waals surface area contributed by atoms with Crippen molar-refractivity contribution in [1.29, 1.82) is 0 Å². The zero-order chi connectivity index (χ0) is 18.4. The lowest BCUT2D eigenvalue weighted by Gasteiger charge is -2.15. The molecular formula is C17H16ClN3O4. The van der Waals surface area contributed by atoms with Crippen molar-refractivity contribution in [1.82, 2.24) is 10.3 Å². The molecule has 0 unspecified atom stereocenters. The Morgan fingerprint density at radius 3 is 2.40 bits per heavy atom. The van der Waals surface area contributed by atoms with E-state index in [2.05, 4.69) is 10.3 Å². The Hall–Kier alpha value is -2.93. The Bertz CT molecular complexity index is 775. The van der Waals surface area contributed by atoms with Crippen molar-refractivity contribution in [2.45, 2.75) is 19.4 Å². The predicted octanol–water partition coefficient (Wildman–Crippen LogP) is 1.49. The van der Waals surface area contributed by atoms with Crippen LogP contribution in [0.3, 0.4) is 0 Å². The van der Waals surface area contributed by atoms with Gasteiger partial charge in [-0.2, -0.15) is 0 Å². The standard InChI is InChI=1S/C17H16ClN3O4/c1-10(22)25-13-5-3-12(4-6-13)17(24)21-14(16(19)23)8-11-2-7-15(18)20-9-11/h2-7,9,14H,8H2,1H3,(H2,19,23)(H,21,24)/t14-/m1/s1. The van der Waals surface area contributed by atoms with Crippen LogP contribution in [0.25, 0.3) is 0 Å². The smallest absolute Gasteiger partial charge is 0.308 e. The van der Waals surface area contributed by atoms with Crippen LogP contribution in [0.2, 0.25) is 5.15 Å². The Kier molecular flexibility index (Phi) is 6.08. The summed E-state index contributed by atoms with van der Waals surface area (Å²) in [5.74, 6) is -1.27. The molecular weight excluding hydrogens is 346 g/mol. The van der Waals surface area contributed by atoms with Gasteiger partial charge in [0.25, 0.3) is 5.91 Å². The summed E-state index contributed by atoms with van der Waals surface area (Å²) < 4.78 is 4.89. The Morgan fingerprint density at radius 2 is 1.88 bits per heavy atom. The maximum atomic E-state index is 12.3. The van der Waals surface area contributed by atoms with Crippen molar-refractivity contribution in [3.8, 4) is 5.75 Å². The highest BCUT2D eigenvalue weighted by Crippen LogP contribution is 2.13. The lowest BCUT2D eigenvalue weighted by Crippen LogP contribution is -2.45. The van der Waals surface area contributed by atoms with Crippen molar-refractivity contribution in [3.05, 3.63) is 58.9 Å². The third kappa shape index (κ3) is 5.58. The number of nitrogens with two attached hydrogens (primary N) is 1. The normalized spacial score (nSPS) is 11.4. The molecule has 0 aliphatic rings. The Morgan fingerprint density at radius 1 is 1.20 bits per heavy atom. The number of hydrogen-bond donors (Lipinski definition) is 2. The highest BCUT2D eigenvalue weighted by Gasteiger charge is 2.19. The maximum absolute atomic E-state index is 12.3. The van der Waals surface area contributed by atoms with Gasteiger partial charge in [0, 0.05) is 25.1 Å². The number of nitrogens with zero attached hydrogens (tertiary/aromatic N) is 1. The maximum Gasteiger partial charge on any atom is 0.308 e. The molecule has 0 fully saturated rings. The molecule has 0 spiro atoms. The number of esters is 1. The van der Waals surface area contributed by atoms with Crippen molar-refractivity contribution < 1.29 is 19.1 Å². The first-order valence-corrected chi connectivity index (χ1v) is 7.72. The third-order valence-corrected chi connectivity index (χ3v) is 3.48. The molecule has 25 heavy (non-hydrogen) atoms. The van der Waals surface area contributed by atoms with Crippen LogP contribution in [0, 0.1) is 0 Å². The molecule has 7 nitrogen and oxygen atoms in total. The van der Waals surface area contributed by atoms with E-state index in [1.54, 1.807) is 12.1 Å². The van der Waals surface area contributed by atoms with Crippen LogP contribution in [0.4, 0.5) is 0 Å². The molecule has 2 rings (SSSR count). The second-order valence-corrected chi connectivity index (χ2v) is 5.63. The molecule has 2 aromatic rings. The fourth-order valence-electron chi connectivity index (χ4n) is 2.07. The number of benzene rings is 1. The van der Waals surface area contributed by atoms with Gasteiger partial charge in [-0.15, -0.1) is 0 Å². The van der Waals surface area contributed by atoms with Gasteiger partial charge < -0.3 is 15.8 Å². The van der Waals surface area contributed by atoms with Gasteiger partial charge in [-0.05, 0) is 35.9 Å². The van der Waals surface area contributed by atoms with Crippen molar-refractivity contribution in [2.24, 2.45) is 5.73 Å². The lowest BCUT2D eigenvalue weighted by atomic mass is 10.1. The molecule has 0 saturated carbocycles. The summed E-state index contributed by atoms with van der Waals surface area (Å²) in [6.07, 6.45) is 1.70. The summed E-state index contributed by atoms with van der Waals surface area (Å²) in [6.45, 7) is 1.28. The fourth-order valence-corrected chi connectivity index (χ4v) is 2.18. The monoisotopic (exact) mass is 361 g/mol. The number of carbonyl (C=O) groups excluding carboxylic acids is 3. The number of halogens is 1. The summed E-state index contributed by atoms with van der Waals surface area (Å²) >= 11 is 5.72. The quantitative estimate of drug-likeness (QED) is 0.460. The molecule has 0 bridgehead atoms. The summed E-state index contributed by atoms with van der Waals surface area (Å²) in [5, 5.41) is 2.90. The molecule has 1 aromatic carbocycles. The number of ether oxygens (including phenoxy) is 1. The number of hydrogen-bond acceptors (Lipinski definition) is 5. The van der Waals surface area contributed by atoms with E-state index in [4.69, 9.17) is 22.1 Å². The van der Waals surface area contributed by atoms with Gasteiger partial charge >= 0.3 is 5.97 Å². The van der Waals surface area contributed by atoms with E-state index in [1.165, 1.54) is 37.4 Å². The van der Waals surface area contributed by atoms with Gasteiger partial charge in [0.05, 0.1) is 0 Å². The van der Waals surface area contributed by atoms with Gasteiger partial charge in [-0.25, -0.2) is 4.98 Å². The van der Waals surface area contributed by atoms with Gasteiger partial charge in [-0.3, -0.25) is 14.4 Å². The van der Waals surface area contributed by atoms with Crippen LogP contribution in [-0.4, -0.2) is 28.8 Å². The molecule has 1 atom stereocenters. The highest BCUT2D eigenvalue weighted by atomic mass is 35.5. The molecule has 0 aliphatic carbocycles. The molecule has 1 heterocycles. The largest absolute Gasteiger partial charge is 0.427 e. The number of nitrogens with one attached hydrogen (secondary N) is 1. The average molecular weight is 362 g/mol. The first kappa shape index (κ1) is 18.4. The molecule has 3 N–H and O–H groups in total. The lowest BCUT2D eigenvalue weighted by molar-refractivity contribution is -0.131. The van der Waals surface area contributed by atoms with Crippen LogP contribution in [-0.2, 0) is 16.0 Å². The van der Waals surface area contributed by atoms with E-state index in [-0.39, 0.29) is 6.42 Å². The van der Waals surface area contributed by atoms with E-state index < -0.39 is 23.8 Å². The van der Waals surface area contributed by atoms with Crippen LogP contribution in [0.15, 0.2) is 42.6 Å². The summed E-state index contributed by atoms with van der Waals surface area (Å²) in [4.78, 5) is 38.7. The van der Waals surface area contributed by atoms with E-state index in [1.807, 2.05) is 0 Å². The molecule has 2 amide bonds. The second-order valence-electron chi connectivity index (χ2n) is 5.24. The fraction of sp³-hybridized carbons (Fsp3) is 0.176. The summed E-state index contributed by atoms with van der Waals surface area (Å²) in [7, 11) is 0. The SMILES string of the molecule is CC(=O)Oc1ccc(C(=O)N[C@H](Cc2ccc(Cl)nc2)C(N)=O)cc1. The predicted molar refractivity (Wildman–Crippen MR) is 91.2 cm³/mol. The first-order chi connectivity index (χ1) is 11.8. The van der Waals surface area contributed by atoms with Gasteiger partial charge in [0.2, 0.25) is 5.91 Å². The first-order valence-electron chi connectivity index (χ1n) is 7.34. The number of amides is 2.